The summed E-state index contributed by atoms with van der Waals surface area (Å²) in [4.78, 5) is 13.7. The molecule has 0 aliphatic carbocycles. The Hall–Kier alpha value is -0.780. The standard InChI is InChI=1S/C13H17Cl2NO3S/c1-8(9(2)20(4,18)19)16(3)13(17)10-6-5-7-11(14)12(10)15/h5-9H,1-4H3/t8-,9+/m0/s1. The Morgan fingerprint density at radius 2 is 1.80 bits per heavy atom. The average Bonchev–Trinajstić information content (AvgIpc) is 2.37. The van der Waals surface area contributed by atoms with E-state index in [1.807, 2.05) is 0 Å². The highest BCUT2D eigenvalue weighted by atomic mass is 35.5. The molecular weight excluding hydrogens is 321 g/mol. The Kier molecular flexibility index (Phi) is 5.46. The van der Waals surface area contributed by atoms with E-state index in [1.54, 1.807) is 39.1 Å². The zero-order valence-corrected chi connectivity index (χ0v) is 14.1. The molecule has 2 atom stereocenters. The van der Waals surface area contributed by atoms with Crippen molar-refractivity contribution in [3.63, 3.8) is 0 Å². The summed E-state index contributed by atoms with van der Waals surface area (Å²) in [6.07, 6.45) is 1.15. The fraction of sp³-hybridized carbons (Fsp3) is 0.462. The van der Waals surface area contributed by atoms with Crippen LogP contribution in [0, 0.1) is 0 Å². The van der Waals surface area contributed by atoms with Crippen LogP contribution in [0.2, 0.25) is 10.0 Å². The normalized spacial score (nSPS) is 14.7. The first-order valence-corrected chi connectivity index (χ1v) is 8.68. The van der Waals surface area contributed by atoms with Crippen molar-refractivity contribution in [2.45, 2.75) is 25.1 Å². The van der Waals surface area contributed by atoms with E-state index < -0.39 is 21.1 Å². The maximum Gasteiger partial charge on any atom is 0.255 e. The van der Waals surface area contributed by atoms with E-state index in [2.05, 4.69) is 0 Å². The number of sulfone groups is 1. The van der Waals surface area contributed by atoms with Gasteiger partial charge in [0, 0.05) is 19.3 Å². The van der Waals surface area contributed by atoms with Crippen LogP contribution in [0.5, 0.6) is 0 Å². The molecular formula is C13H17Cl2NO3S. The number of nitrogens with zero attached hydrogens (tertiary/aromatic N) is 1. The van der Waals surface area contributed by atoms with Crippen LogP contribution in [0.25, 0.3) is 0 Å². The Morgan fingerprint density at radius 1 is 1.25 bits per heavy atom. The Morgan fingerprint density at radius 3 is 2.30 bits per heavy atom. The van der Waals surface area contributed by atoms with Crippen LogP contribution in [0.3, 0.4) is 0 Å². The van der Waals surface area contributed by atoms with Crippen LogP contribution < -0.4 is 0 Å². The molecule has 4 nitrogen and oxygen atoms in total. The van der Waals surface area contributed by atoms with Crippen molar-refractivity contribution in [2.24, 2.45) is 0 Å². The predicted octanol–water partition coefficient (Wildman–Crippen LogP) is 2.89. The molecule has 0 radical (unpaired) electrons. The summed E-state index contributed by atoms with van der Waals surface area (Å²) in [6.45, 7) is 3.26. The van der Waals surface area contributed by atoms with Crippen LogP contribution >= 0.6 is 23.2 Å². The molecule has 0 spiro atoms. The summed E-state index contributed by atoms with van der Waals surface area (Å²) in [5, 5.41) is -0.214. The minimum atomic E-state index is -3.23. The summed E-state index contributed by atoms with van der Waals surface area (Å²) >= 11 is 11.9. The van der Waals surface area contributed by atoms with Crippen LogP contribution in [0.4, 0.5) is 0 Å². The van der Waals surface area contributed by atoms with E-state index in [1.165, 1.54) is 4.90 Å². The molecule has 7 heteroatoms. The highest BCUT2D eigenvalue weighted by molar-refractivity contribution is 7.91. The van der Waals surface area contributed by atoms with E-state index in [9.17, 15) is 13.2 Å². The van der Waals surface area contributed by atoms with Gasteiger partial charge in [-0.2, -0.15) is 0 Å². The van der Waals surface area contributed by atoms with E-state index in [-0.39, 0.29) is 21.5 Å². The van der Waals surface area contributed by atoms with Crippen molar-refractivity contribution in [3.8, 4) is 0 Å². The lowest BCUT2D eigenvalue weighted by atomic mass is 10.1. The van der Waals surface area contributed by atoms with Gasteiger partial charge in [-0.15, -0.1) is 0 Å². The molecule has 0 saturated heterocycles. The Balaban J connectivity index is 3.06. The van der Waals surface area contributed by atoms with E-state index in [0.717, 1.165) is 6.26 Å². The van der Waals surface area contributed by atoms with Crippen LogP contribution in [-0.2, 0) is 9.84 Å². The van der Waals surface area contributed by atoms with E-state index in [0.29, 0.717) is 0 Å². The van der Waals surface area contributed by atoms with Gasteiger partial charge >= 0.3 is 0 Å². The SMILES string of the molecule is C[C@H]([C@H](C)N(C)C(=O)c1cccc(Cl)c1Cl)S(C)(=O)=O. The first-order valence-electron chi connectivity index (χ1n) is 5.97. The third-order valence-corrected chi connectivity index (χ3v) is 6.03. The van der Waals surface area contributed by atoms with Gasteiger partial charge in [0.15, 0.2) is 9.84 Å². The van der Waals surface area contributed by atoms with Gasteiger partial charge in [0.1, 0.15) is 0 Å². The minimum Gasteiger partial charge on any atom is -0.338 e. The molecule has 1 aromatic rings. The lowest BCUT2D eigenvalue weighted by molar-refractivity contribution is 0.0743. The maximum atomic E-state index is 12.4. The number of carbonyl (C=O) groups is 1. The number of hydrogen-bond acceptors (Lipinski definition) is 3. The molecule has 0 aliphatic heterocycles. The third kappa shape index (κ3) is 3.65. The summed E-state index contributed by atoms with van der Waals surface area (Å²) in [5.74, 6) is -0.361. The Bertz CT molecular complexity index is 616. The van der Waals surface area contributed by atoms with Crippen LogP contribution in [-0.4, -0.2) is 43.8 Å². The lowest BCUT2D eigenvalue weighted by Crippen LogP contribution is -2.44. The monoisotopic (exact) mass is 337 g/mol. The smallest absolute Gasteiger partial charge is 0.255 e. The van der Waals surface area contributed by atoms with E-state index in [4.69, 9.17) is 23.2 Å². The molecule has 0 unspecified atom stereocenters. The second-order valence-electron chi connectivity index (χ2n) is 4.79. The second-order valence-corrected chi connectivity index (χ2v) is 7.98. The quantitative estimate of drug-likeness (QED) is 0.848. The molecule has 0 aliphatic rings. The van der Waals surface area contributed by atoms with Crippen molar-refractivity contribution < 1.29 is 13.2 Å². The fourth-order valence-corrected chi connectivity index (χ4v) is 3.00. The van der Waals surface area contributed by atoms with Gasteiger partial charge in [0.25, 0.3) is 5.91 Å². The first-order chi connectivity index (χ1) is 9.07. The summed E-state index contributed by atoms with van der Waals surface area (Å²) in [6, 6.07) is 4.29. The zero-order chi connectivity index (χ0) is 15.7. The summed E-state index contributed by atoms with van der Waals surface area (Å²) in [7, 11) is -1.69. The van der Waals surface area contributed by atoms with Crippen molar-refractivity contribution >= 4 is 38.9 Å². The lowest BCUT2D eigenvalue weighted by Gasteiger charge is -2.29. The number of halogens is 2. The molecule has 0 fully saturated rings. The number of rotatable bonds is 4. The van der Waals surface area contributed by atoms with Crippen molar-refractivity contribution in [3.05, 3.63) is 33.8 Å². The van der Waals surface area contributed by atoms with Gasteiger partial charge in [-0.3, -0.25) is 4.79 Å². The van der Waals surface area contributed by atoms with Gasteiger partial charge < -0.3 is 4.90 Å². The number of amides is 1. The molecule has 0 aromatic heterocycles. The van der Waals surface area contributed by atoms with Gasteiger partial charge in [-0.1, -0.05) is 29.3 Å². The molecule has 112 valence electrons. The van der Waals surface area contributed by atoms with Gasteiger partial charge in [-0.05, 0) is 26.0 Å². The van der Waals surface area contributed by atoms with Crippen molar-refractivity contribution in [2.75, 3.05) is 13.3 Å². The van der Waals surface area contributed by atoms with Gasteiger partial charge in [0.05, 0.1) is 20.9 Å². The highest BCUT2D eigenvalue weighted by Crippen LogP contribution is 2.27. The number of benzene rings is 1. The molecule has 20 heavy (non-hydrogen) atoms. The van der Waals surface area contributed by atoms with Crippen LogP contribution in [0.1, 0.15) is 24.2 Å². The Labute approximate surface area is 129 Å². The minimum absolute atomic E-state index is 0.172. The molecule has 1 rings (SSSR count). The molecule has 0 bridgehead atoms. The molecule has 0 N–H and O–H groups in total. The van der Waals surface area contributed by atoms with E-state index >= 15 is 0 Å². The molecule has 0 heterocycles. The topological polar surface area (TPSA) is 54.5 Å². The van der Waals surface area contributed by atoms with Gasteiger partial charge in [-0.25, -0.2) is 8.42 Å². The number of hydrogen-bond donors (Lipinski definition) is 0. The number of carbonyl (C=O) groups excluding carboxylic acids is 1. The second kappa shape index (κ2) is 6.33. The largest absolute Gasteiger partial charge is 0.338 e. The summed E-state index contributed by atoms with van der Waals surface area (Å²) in [5.41, 5.74) is 0.259. The third-order valence-electron chi connectivity index (χ3n) is 3.47. The first kappa shape index (κ1) is 17.3. The summed E-state index contributed by atoms with van der Waals surface area (Å²) < 4.78 is 23.1. The zero-order valence-electron chi connectivity index (χ0n) is 11.7. The fourth-order valence-electron chi connectivity index (χ4n) is 1.72. The molecule has 1 aromatic carbocycles. The molecule has 1 amide bonds. The van der Waals surface area contributed by atoms with Crippen LogP contribution in [0.15, 0.2) is 18.2 Å². The molecule has 0 saturated carbocycles. The predicted molar refractivity (Wildman–Crippen MR) is 82.3 cm³/mol. The average molecular weight is 338 g/mol. The maximum absolute atomic E-state index is 12.4. The van der Waals surface area contributed by atoms with Crippen molar-refractivity contribution in [1.29, 1.82) is 0 Å². The highest BCUT2D eigenvalue weighted by Gasteiger charge is 2.29. The van der Waals surface area contributed by atoms with Crippen molar-refractivity contribution in [1.82, 2.24) is 4.90 Å². The van der Waals surface area contributed by atoms with Gasteiger partial charge in [0.2, 0.25) is 0 Å².